The molecule has 3 N–H and O–H groups in total. The molecule has 1 saturated carbocycles. The van der Waals surface area contributed by atoms with Gasteiger partial charge in [-0.25, -0.2) is 0 Å². The maximum atomic E-state index is 11.6. The topological polar surface area (TPSA) is 82.2 Å². The molecule has 1 fully saturated rings. The number of H-pyrrole nitrogens is 1. The number of hydrogen-bond acceptors (Lipinski definition) is 3. The lowest BCUT2D eigenvalue weighted by molar-refractivity contribution is 0.0562. The van der Waals surface area contributed by atoms with Crippen LogP contribution in [0.2, 0.25) is 0 Å². The quantitative estimate of drug-likeness (QED) is 0.620. The molecule has 5 heteroatoms. The normalized spacial score (nSPS) is 24.3. The SMILES string of the molecule is O=C(NC1CC(O)C1)c1ccc(=O)[nH]c1. The van der Waals surface area contributed by atoms with E-state index < -0.39 is 0 Å². The molecule has 0 spiro atoms. The summed E-state index contributed by atoms with van der Waals surface area (Å²) in [4.78, 5) is 24.7. The minimum atomic E-state index is -0.286. The highest BCUT2D eigenvalue weighted by atomic mass is 16.3. The number of aliphatic hydroxyl groups is 1. The van der Waals surface area contributed by atoms with E-state index in [4.69, 9.17) is 5.11 Å². The first kappa shape index (κ1) is 9.92. The summed E-state index contributed by atoms with van der Waals surface area (Å²) in [5, 5.41) is 11.8. The van der Waals surface area contributed by atoms with Crippen LogP contribution >= 0.6 is 0 Å². The van der Waals surface area contributed by atoms with Crippen LogP contribution in [0, 0.1) is 0 Å². The second-order valence-electron chi connectivity index (χ2n) is 3.74. The Hall–Kier alpha value is -1.62. The second-order valence-corrected chi connectivity index (χ2v) is 3.74. The van der Waals surface area contributed by atoms with Gasteiger partial charge < -0.3 is 15.4 Å². The molecular weight excluding hydrogens is 196 g/mol. The number of nitrogens with one attached hydrogen (secondary N) is 2. The van der Waals surface area contributed by atoms with E-state index in [0.29, 0.717) is 18.4 Å². The average molecular weight is 208 g/mol. The molecule has 0 saturated heterocycles. The number of aliphatic hydroxyl groups excluding tert-OH is 1. The third-order valence-electron chi connectivity index (χ3n) is 2.49. The van der Waals surface area contributed by atoms with Crippen LogP contribution in [0.4, 0.5) is 0 Å². The molecule has 0 atom stereocenters. The Labute approximate surface area is 86.1 Å². The predicted octanol–water partition coefficient (Wildman–Crippen LogP) is -0.372. The smallest absolute Gasteiger partial charge is 0.252 e. The van der Waals surface area contributed by atoms with Crippen LogP contribution in [0.25, 0.3) is 0 Å². The van der Waals surface area contributed by atoms with Crippen molar-refractivity contribution in [1.82, 2.24) is 10.3 Å². The lowest BCUT2D eigenvalue weighted by Crippen LogP contribution is -2.46. The molecule has 1 heterocycles. The van der Waals surface area contributed by atoms with Gasteiger partial charge in [-0.3, -0.25) is 9.59 Å². The van der Waals surface area contributed by atoms with E-state index in [-0.39, 0.29) is 23.6 Å². The van der Waals surface area contributed by atoms with Crippen molar-refractivity contribution >= 4 is 5.91 Å². The highest BCUT2D eigenvalue weighted by molar-refractivity contribution is 5.94. The second kappa shape index (κ2) is 3.86. The van der Waals surface area contributed by atoms with Crippen molar-refractivity contribution in [2.45, 2.75) is 25.0 Å². The standard InChI is InChI=1S/C10H12N2O3/c13-8-3-7(4-8)12-10(15)6-1-2-9(14)11-5-6/h1-2,5,7-8,13H,3-4H2,(H,11,14)(H,12,15). The summed E-state index contributed by atoms with van der Waals surface area (Å²) in [5.41, 5.74) is 0.196. The monoisotopic (exact) mass is 208 g/mol. The molecule has 5 nitrogen and oxygen atoms in total. The minimum absolute atomic E-state index is 0.0550. The summed E-state index contributed by atoms with van der Waals surface area (Å²) >= 11 is 0. The molecule has 0 aromatic carbocycles. The summed E-state index contributed by atoms with van der Waals surface area (Å²) in [6.45, 7) is 0. The Balaban J connectivity index is 1.96. The Morgan fingerprint density at radius 1 is 1.47 bits per heavy atom. The van der Waals surface area contributed by atoms with E-state index in [1.54, 1.807) is 0 Å². The third-order valence-corrected chi connectivity index (χ3v) is 2.49. The van der Waals surface area contributed by atoms with Crippen molar-refractivity contribution < 1.29 is 9.90 Å². The van der Waals surface area contributed by atoms with Crippen LogP contribution in [-0.2, 0) is 0 Å². The van der Waals surface area contributed by atoms with Crippen molar-refractivity contribution in [2.24, 2.45) is 0 Å². The van der Waals surface area contributed by atoms with Gasteiger partial charge >= 0.3 is 0 Å². The molecule has 80 valence electrons. The molecule has 0 radical (unpaired) electrons. The minimum Gasteiger partial charge on any atom is -0.393 e. The fourth-order valence-electron chi connectivity index (χ4n) is 1.53. The fourth-order valence-corrected chi connectivity index (χ4v) is 1.53. The molecule has 0 aliphatic heterocycles. The molecule has 1 amide bonds. The summed E-state index contributed by atoms with van der Waals surface area (Å²) < 4.78 is 0. The zero-order valence-electron chi connectivity index (χ0n) is 8.06. The summed E-state index contributed by atoms with van der Waals surface area (Å²) in [7, 11) is 0. The first-order valence-electron chi connectivity index (χ1n) is 4.83. The van der Waals surface area contributed by atoms with Crippen LogP contribution in [0.3, 0.4) is 0 Å². The van der Waals surface area contributed by atoms with Crippen molar-refractivity contribution in [3.63, 3.8) is 0 Å². The van der Waals surface area contributed by atoms with E-state index in [2.05, 4.69) is 10.3 Å². The zero-order valence-corrected chi connectivity index (χ0v) is 8.06. The summed E-state index contributed by atoms with van der Waals surface area (Å²) in [5.74, 6) is -0.219. The first-order chi connectivity index (χ1) is 7.15. The third kappa shape index (κ3) is 2.24. The lowest BCUT2D eigenvalue weighted by atomic mass is 9.89. The number of pyridine rings is 1. The van der Waals surface area contributed by atoms with Gasteiger partial charge in [-0.2, -0.15) is 0 Å². The molecule has 1 aliphatic rings. The molecule has 2 rings (SSSR count). The van der Waals surface area contributed by atoms with Crippen molar-refractivity contribution in [3.05, 3.63) is 34.2 Å². The van der Waals surface area contributed by atoms with Crippen molar-refractivity contribution in [1.29, 1.82) is 0 Å². The number of rotatable bonds is 2. The van der Waals surface area contributed by atoms with Gasteiger partial charge in [0.2, 0.25) is 5.56 Å². The Kier molecular flexibility index (Phi) is 2.55. The van der Waals surface area contributed by atoms with E-state index in [1.165, 1.54) is 18.3 Å². The van der Waals surface area contributed by atoms with Crippen LogP contribution in [-0.4, -0.2) is 28.1 Å². The van der Waals surface area contributed by atoms with Gasteiger partial charge in [-0.1, -0.05) is 0 Å². The van der Waals surface area contributed by atoms with Gasteiger partial charge in [0.05, 0.1) is 11.7 Å². The van der Waals surface area contributed by atoms with Gasteiger partial charge in [0.1, 0.15) is 0 Å². The van der Waals surface area contributed by atoms with E-state index >= 15 is 0 Å². The Morgan fingerprint density at radius 2 is 2.20 bits per heavy atom. The van der Waals surface area contributed by atoms with E-state index in [9.17, 15) is 9.59 Å². The molecular formula is C10H12N2O3. The molecule has 1 aliphatic carbocycles. The van der Waals surface area contributed by atoms with E-state index in [1.807, 2.05) is 0 Å². The molecule has 15 heavy (non-hydrogen) atoms. The van der Waals surface area contributed by atoms with E-state index in [0.717, 1.165) is 0 Å². The number of carbonyl (C=O) groups excluding carboxylic acids is 1. The highest BCUT2D eigenvalue weighted by Crippen LogP contribution is 2.19. The molecule has 0 unspecified atom stereocenters. The van der Waals surface area contributed by atoms with Crippen molar-refractivity contribution in [2.75, 3.05) is 0 Å². The Bertz CT molecular complexity index is 400. The van der Waals surface area contributed by atoms with Gasteiger partial charge in [0.25, 0.3) is 5.91 Å². The maximum absolute atomic E-state index is 11.6. The highest BCUT2D eigenvalue weighted by Gasteiger charge is 2.28. The first-order valence-corrected chi connectivity index (χ1v) is 4.83. The lowest BCUT2D eigenvalue weighted by Gasteiger charge is -2.31. The number of hydrogen-bond donors (Lipinski definition) is 3. The van der Waals surface area contributed by atoms with Crippen LogP contribution in [0.1, 0.15) is 23.2 Å². The number of amides is 1. The van der Waals surface area contributed by atoms with Crippen molar-refractivity contribution in [3.8, 4) is 0 Å². The summed E-state index contributed by atoms with van der Waals surface area (Å²) in [6.07, 6.45) is 2.31. The van der Waals surface area contributed by atoms with Gasteiger partial charge in [-0.15, -0.1) is 0 Å². The average Bonchev–Trinajstić information content (AvgIpc) is 2.16. The largest absolute Gasteiger partial charge is 0.393 e. The van der Waals surface area contributed by atoms with Gasteiger partial charge in [-0.05, 0) is 18.9 Å². The molecule has 0 bridgehead atoms. The Morgan fingerprint density at radius 3 is 2.73 bits per heavy atom. The van der Waals surface area contributed by atoms with Gasteiger partial charge in [0, 0.05) is 18.3 Å². The number of aromatic amines is 1. The molecule has 1 aromatic heterocycles. The van der Waals surface area contributed by atoms with Crippen LogP contribution in [0.15, 0.2) is 23.1 Å². The van der Waals surface area contributed by atoms with Crippen LogP contribution in [0.5, 0.6) is 0 Å². The predicted molar refractivity (Wildman–Crippen MR) is 53.6 cm³/mol. The fraction of sp³-hybridized carbons (Fsp3) is 0.400. The maximum Gasteiger partial charge on any atom is 0.252 e. The van der Waals surface area contributed by atoms with Crippen LogP contribution < -0.4 is 10.9 Å². The number of aromatic nitrogens is 1. The summed E-state index contributed by atoms with van der Waals surface area (Å²) in [6, 6.07) is 2.84. The molecule has 1 aromatic rings. The van der Waals surface area contributed by atoms with Gasteiger partial charge in [0.15, 0.2) is 0 Å². The zero-order chi connectivity index (χ0) is 10.8. The number of carbonyl (C=O) groups is 1.